The van der Waals surface area contributed by atoms with Gasteiger partial charge in [-0.2, -0.15) is 13.2 Å². The van der Waals surface area contributed by atoms with Crippen LogP contribution in [0.2, 0.25) is 0 Å². The molecule has 0 radical (unpaired) electrons. The molecule has 2 heterocycles. The zero-order valence-corrected chi connectivity index (χ0v) is 8.79. The van der Waals surface area contributed by atoms with Gasteiger partial charge in [0.2, 0.25) is 5.91 Å². The third kappa shape index (κ3) is 2.48. The summed E-state index contributed by atoms with van der Waals surface area (Å²) < 4.78 is 38.2. The fourth-order valence-corrected chi connectivity index (χ4v) is 1.69. The smallest absolute Gasteiger partial charge is 0.353 e. The fraction of sp³-hybridized carbons (Fsp3) is 0.400. The first-order valence-electron chi connectivity index (χ1n) is 5.02. The summed E-state index contributed by atoms with van der Waals surface area (Å²) in [4.78, 5) is 16.2. The van der Waals surface area contributed by atoms with E-state index >= 15 is 0 Å². The number of alkyl halides is 3. The summed E-state index contributed by atoms with van der Waals surface area (Å²) in [6, 6.07) is 2.20. The minimum absolute atomic E-state index is 0.0971. The van der Waals surface area contributed by atoms with Crippen LogP contribution >= 0.6 is 0 Å². The molecule has 0 aromatic carbocycles. The lowest BCUT2D eigenvalue weighted by Crippen LogP contribution is -2.48. The SMILES string of the molecule is O=C1CN(c2ncccc2C(F)(F)F)CCN1. The molecule has 1 aliphatic heterocycles. The predicted molar refractivity (Wildman–Crippen MR) is 54.5 cm³/mol. The molecule has 1 saturated heterocycles. The maximum Gasteiger partial charge on any atom is 0.419 e. The van der Waals surface area contributed by atoms with Crippen molar-refractivity contribution < 1.29 is 18.0 Å². The summed E-state index contributed by atoms with van der Waals surface area (Å²) in [6.07, 6.45) is -3.17. The van der Waals surface area contributed by atoms with Crippen LogP contribution < -0.4 is 10.2 Å². The van der Waals surface area contributed by atoms with Crippen LogP contribution in [0, 0.1) is 0 Å². The lowest BCUT2D eigenvalue weighted by Gasteiger charge is -2.29. The molecule has 1 amide bonds. The quantitative estimate of drug-likeness (QED) is 0.804. The highest BCUT2D eigenvalue weighted by Gasteiger charge is 2.36. The van der Waals surface area contributed by atoms with Crippen molar-refractivity contribution in [2.45, 2.75) is 6.18 Å². The van der Waals surface area contributed by atoms with Crippen molar-refractivity contribution in [3.63, 3.8) is 0 Å². The maximum absolute atomic E-state index is 12.7. The highest BCUT2D eigenvalue weighted by molar-refractivity contribution is 5.82. The molecule has 1 aromatic heterocycles. The number of halogens is 3. The monoisotopic (exact) mass is 245 g/mol. The Hall–Kier alpha value is -1.79. The van der Waals surface area contributed by atoms with Gasteiger partial charge in [0.15, 0.2) is 0 Å². The van der Waals surface area contributed by atoms with E-state index < -0.39 is 11.7 Å². The predicted octanol–water partition coefficient (Wildman–Crippen LogP) is 1.04. The van der Waals surface area contributed by atoms with Crippen LogP contribution in [0.3, 0.4) is 0 Å². The molecule has 2 rings (SSSR count). The summed E-state index contributed by atoms with van der Waals surface area (Å²) in [5.74, 6) is -0.482. The molecule has 4 nitrogen and oxygen atoms in total. The first-order valence-corrected chi connectivity index (χ1v) is 5.02. The van der Waals surface area contributed by atoms with Crippen LogP contribution in [-0.2, 0) is 11.0 Å². The standard InChI is InChI=1S/C10H10F3N3O/c11-10(12,13)7-2-1-3-15-9(7)16-5-4-14-8(17)6-16/h1-3H,4-6H2,(H,14,17). The number of nitrogens with zero attached hydrogens (tertiary/aromatic N) is 2. The van der Waals surface area contributed by atoms with Crippen molar-refractivity contribution >= 4 is 11.7 Å². The molecular formula is C10H10F3N3O. The number of pyridine rings is 1. The number of aromatic nitrogens is 1. The van der Waals surface area contributed by atoms with E-state index in [4.69, 9.17) is 0 Å². The normalized spacial score (nSPS) is 16.9. The van der Waals surface area contributed by atoms with Gasteiger partial charge in [0.25, 0.3) is 0 Å². The Morgan fingerprint density at radius 2 is 2.18 bits per heavy atom. The molecule has 1 aromatic rings. The van der Waals surface area contributed by atoms with Gasteiger partial charge >= 0.3 is 6.18 Å². The summed E-state index contributed by atoms with van der Waals surface area (Å²) in [5.41, 5.74) is -0.810. The van der Waals surface area contributed by atoms with Crippen molar-refractivity contribution in [1.29, 1.82) is 0 Å². The average Bonchev–Trinajstić information content (AvgIpc) is 2.28. The summed E-state index contributed by atoms with van der Waals surface area (Å²) in [6.45, 7) is 0.554. The second kappa shape index (κ2) is 4.23. The lowest BCUT2D eigenvalue weighted by molar-refractivity contribution is -0.137. The number of anilines is 1. The number of piperazine rings is 1. The third-order valence-electron chi connectivity index (χ3n) is 2.43. The van der Waals surface area contributed by atoms with Crippen LogP contribution in [0.15, 0.2) is 18.3 Å². The van der Waals surface area contributed by atoms with Crippen LogP contribution in [0.4, 0.5) is 19.0 Å². The molecule has 0 unspecified atom stereocenters. The highest BCUT2D eigenvalue weighted by atomic mass is 19.4. The molecule has 7 heteroatoms. The molecular weight excluding hydrogens is 235 g/mol. The van der Waals surface area contributed by atoms with Gasteiger partial charge in [0.05, 0.1) is 12.1 Å². The largest absolute Gasteiger partial charge is 0.419 e. The van der Waals surface area contributed by atoms with Gasteiger partial charge in [0.1, 0.15) is 5.82 Å². The molecule has 0 bridgehead atoms. The molecule has 1 fully saturated rings. The summed E-state index contributed by atoms with van der Waals surface area (Å²) >= 11 is 0. The number of carbonyl (C=O) groups is 1. The Kier molecular flexibility index (Phi) is 2.91. The Bertz CT molecular complexity index is 433. The summed E-state index contributed by atoms with van der Waals surface area (Å²) in [5, 5.41) is 2.55. The van der Waals surface area contributed by atoms with E-state index in [0.29, 0.717) is 13.1 Å². The minimum Gasteiger partial charge on any atom is -0.353 e. The highest BCUT2D eigenvalue weighted by Crippen LogP contribution is 2.35. The van der Waals surface area contributed by atoms with Crippen molar-refractivity contribution in [3.8, 4) is 0 Å². The third-order valence-corrected chi connectivity index (χ3v) is 2.43. The van der Waals surface area contributed by atoms with E-state index in [-0.39, 0.29) is 18.3 Å². The number of carbonyl (C=O) groups excluding carboxylic acids is 1. The molecule has 0 spiro atoms. The van der Waals surface area contributed by atoms with Crippen molar-refractivity contribution in [3.05, 3.63) is 23.9 Å². The van der Waals surface area contributed by atoms with Gasteiger partial charge in [-0.3, -0.25) is 4.79 Å². The van der Waals surface area contributed by atoms with E-state index in [9.17, 15) is 18.0 Å². The van der Waals surface area contributed by atoms with E-state index in [1.807, 2.05) is 0 Å². The molecule has 0 saturated carbocycles. The van der Waals surface area contributed by atoms with Gasteiger partial charge in [-0.1, -0.05) is 0 Å². The van der Waals surface area contributed by atoms with Crippen molar-refractivity contribution in [2.75, 3.05) is 24.5 Å². The first-order chi connectivity index (χ1) is 7.98. The molecule has 1 aliphatic rings. The van der Waals surface area contributed by atoms with Gasteiger partial charge in [0, 0.05) is 19.3 Å². The molecule has 1 N–H and O–H groups in total. The zero-order valence-electron chi connectivity index (χ0n) is 8.79. The average molecular weight is 245 g/mol. The van der Waals surface area contributed by atoms with E-state index in [2.05, 4.69) is 10.3 Å². The van der Waals surface area contributed by atoms with Gasteiger partial charge < -0.3 is 10.2 Å². The van der Waals surface area contributed by atoms with Gasteiger partial charge in [-0.15, -0.1) is 0 Å². The number of hydrogen-bond donors (Lipinski definition) is 1. The van der Waals surface area contributed by atoms with E-state index in [0.717, 1.165) is 6.07 Å². The Labute approximate surface area is 95.4 Å². The molecule has 17 heavy (non-hydrogen) atoms. The number of nitrogens with one attached hydrogen (secondary N) is 1. The Morgan fingerprint density at radius 3 is 2.82 bits per heavy atom. The van der Waals surface area contributed by atoms with Crippen LogP contribution in [0.1, 0.15) is 5.56 Å². The van der Waals surface area contributed by atoms with E-state index in [1.165, 1.54) is 17.2 Å². The Morgan fingerprint density at radius 1 is 1.41 bits per heavy atom. The topological polar surface area (TPSA) is 45.2 Å². The molecule has 92 valence electrons. The number of amides is 1. The van der Waals surface area contributed by atoms with Crippen LogP contribution in [0.5, 0.6) is 0 Å². The number of hydrogen-bond acceptors (Lipinski definition) is 3. The van der Waals surface area contributed by atoms with Crippen LogP contribution in [0.25, 0.3) is 0 Å². The zero-order chi connectivity index (χ0) is 12.5. The van der Waals surface area contributed by atoms with Crippen LogP contribution in [-0.4, -0.2) is 30.5 Å². The van der Waals surface area contributed by atoms with E-state index in [1.54, 1.807) is 0 Å². The molecule has 0 atom stereocenters. The van der Waals surface area contributed by atoms with Crippen molar-refractivity contribution in [2.24, 2.45) is 0 Å². The number of rotatable bonds is 1. The Balaban J connectivity index is 2.34. The molecule has 0 aliphatic carbocycles. The summed E-state index contributed by atoms with van der Waals surface area (Å²) in [7, 11) is 0. The second-order valence-corrected chi connectivity index (χ2v) is 3.64. The lowest BCUT2D eigenvalue weighted by atomic mass is 10.2. The van der Waals surface area contributed by atoms with Crippen molar-refractivity contribution in [1.82, 2.24) is 10.3 Å². The first kappa shape index (κ1) is 11.7. The van der Waals surface area contributed by atoms with Gasteiger partial charge in [-0.05, 0) is 12.1 Å². The second-order valence-electron chi connectivity index (χ2n) is 3.64. The fourth-order valence-electron chi connectivity index (χ4n) is 1.69. The minimum atomic E-state index is -4.46. The van der Waals surface area contributed by atoms with Gasteiger partial charge in [-0.25, -0.2) is 4.98 Å². The maximum atomic E-state index is 12.7.